The number of nitrogens with zero attached hydrogens (tertiary/aromatic N) is 2. The van der Waals surface area contributed by atoms with Crippen molar-refractivity contribution in [3.63, 3.8) is 0 Å². The van der Waals surface area contributed by atoms with Crippen molar-refractivity contribution in [3.8, 4) is 0 Å². The average molecular weight is 281 g/mol. The van der Waals surface area contributed by atoms with Gasteiger partial charge in [-0.25, -0.2) is 4.98 Å². The Hall–Kier alpha value is -0.610. The molecule has 1 N–H and O–H groups in total. The van der Waals surface area contributed by atoms with Crippen LogP contribution in [0.1, 0.15) is 50.6 Å². The Morgan fingerprint density at radius 3 is 2.63 bits per heavy atom. The minimum Gasteiger partial charge on any atom is -0.344 e. The van der Waals surface area contributed by atoms with E-state index in [1.807, 2.05) is 11.3 Å². The molecular formula is C15H27N3S. The van der Waals surface area contributed by atoms with Gasteiger partial charge in [0.2, 0.25) is 0 Å². The van der Waals surface area contributed by atoms with Crippen molar-refractivity contribution in [3.05, 3.63) is 10.6 Å². The molecule has 0 bridgehead atoms. The zero-order valence-corrected chi connectivity index (χ0v) is 13.7. The fourth-order valence-electron chi connectivity index (χ4n) is 2.47. The van der Waals surface area contributed by atoms with Crippen LogP contribution in [0.3, 0.4) is 0 Å². The van der Waals surface area contributed by atoms with E-state index >= 15 is 0 Å². The molecule has 1 aliphatic rings. The lowest BCUT2D eigenvalue weighted by Gasteiger charge is -2.37. The first kappa shape index (κ1) is 14.8. The van der Waals surface area contributed by atoms with E-state index in [1.165, 1.54) is 35.0 Å². The minimum atomic E-state index is 0.192. The normalized spacial score (nSPS) is 20.9. The summed E-state index contributed by atoms with van der Waals surface area (Å²) in [4.78, 5) is 8.62. The van der Waals surface area contributed by atoms with Gasteiger partial charge in [-0.3, -0.25) is 0 Å². The van der Waals surface area contributed by atoms with E-state index in [2.05, 4.69) is 44.8 Å². The topological polar surface area (TPSA) is 28.2 Å². The van der Waals surface area contributed by atoms with Gasteiger partial charge >= 0.3 is 0 Å². The summed E-state index contributed by atoms with van der Waals surface area (Å²) in [5.41, 5.74) is 1.38. The first-order valence-electron chi connectivity index (χ1n) is 7.32. The maximum absolute atomic E-state index is 4.75. The van der Waals surface area contributed by atoms with Crippen LogP contribution in [0.4, 0.5) is 5.13 Å². The third kappa shape index (κ3) is 3.93. The number of thiazole rings is 1. The summed E-state index contributed by atoms with van der Waals surface area (Å²) in [5, 5.41) is 4.87. The molecule has 0 aromatic carbocycles. The minimum absolute atomic E-state index is 0.192. The first-order chi connectivity index (χ1) is 8.87. The van der Waals surface area contributed by atoms with Crippen molar-refractivity contribution >= 4 is 16.5 Å². The standard InChI is InChI=1S/C15H27N3S/c1-11-12(2)19-14(17-11)18-9-7-6-8-13(18)10-16-15(3,4)5/h13,16H,6-10H2,1-5H3. The molecule has 1 aromatic heterocycles. The molecule has 4 heteroatoms. The summed E-state index contributed by atoms with van der Waals surface area (Å²) in [6, 6.07) is 0.595. The molecule has 1 fully saturated rings. The summed E-state index contributed by atoms with van der Waals surface area (Å²) in [6.45, 7) is 13.2. The third-order valence-electron chi connectivity index (χ3n) is 3.76. The van der Waals surface area contributed by atoms with Gasteiger partial charge in [0.15, 0.2) is 5.13 Å². The van der Waals surface area contributed by atoms with Crippen LogP contribution < -0.4 is 10.2 Å². The average Bonchev–Trinajstić information content (AvgIpc) is 2.66. The molecule has 19 heavy (non-hydrogen) atoms. The zero-order chi connectivity index (χ0) is 14.0. The van der Waals surface area contributed by atoms with Crippen molar-refractivity contribution in [1.82, 2.24) is 10.3 Å². The summed E-state index contributed by atoms with van der Waals surface area (Å²) in [7, 11) is 0. The van der Waals surface area contributed by atoms with Gasteiger partial charge in [0, 0.05) is 29.5 Å². The second kappa shape index (κ2) is 5.80. The van der Waals surface area contributed by atoms with E-state index in [4.69, 9.17) is 4.98 Å². The van der Waals surface area contributed by atoms with E-state index in [0.29, 0.717) is 6.04 Å². The van der Waals surface area contributed by atoms with E-state index in [9.17, 15) is 0 Å². The molecule has 1 aliphatic heterocycles. The summed E-state index contributed by atoms with van der Waals surface area (Å²) < 4.78 is 0. The fraction of sp³-hybridized carbons (Fsp3) is 0.800. The second-order valence-electron chi connectivity index (χ2n) is 6.61. The number of anilines is 1. The van der Waals surface area contributed by atoms with Gasteiger partial charge in [-0.2, -0.15) is 0 Å². The summed E-state index contributed by atoms with van der Waals surface area (Å²) in [6.07, 6.45) is 3.92. The number of rotatable bonds is 3. The van der Waals surface area contributed by atoms with Crippen LogP contribution in [0.5, 0.6) is 0 Å². The fourth-order valence-corrected chi connectivity index (χ4v) is 3.47. The SMILES string of the molecule is Cc1nc(N2CCCCC2CNC(C)(C)C)sc1C. The lowest BCUT2D eigenvalue weighted by molar-refractivity contribution is 0.366. The smallest absolute Gasteiger partial charge is 0.186 e. The lowest BCUT2D eigenvalue weighted by atomic mass is 10.0. The Labute approximate surface area is 121 Å². The summed E-state index contributed by atoms with van der Waals surface area (Å²) in [5.74, 6) is 0. The molecule has 0 radical (unpaired) electrons. The predicted octanol–water partition coefficient (Wildman–Crippen LogP) is 3.51. The molecule has 2 heterocycles. The van der Waals surface area contributed by atoms with Crippen LogP contribution in [-0.4, -0.2) is 29.7 Å². The molecule has 0 aliphatic carbocycles. The number of hydrogen-bond acceptors (Lipinski definition) is 4. The van der Waals surface area contributed by atoms with Crippen molar-refractivity contribution in [2.45, 2.75) is 65.5 Å². The zero-order valence-electron chi connectivity index (χ0n) is 12.9. The Morgan fingerprint density at radius 1 is 1.32 bits per heavy atom. The number of nitrogens with one attached hydrogen (secondary N) is 1. The van der Waals surface area contributed by atoms with Crippen LogP contribution in [0.25, 0.3) is 0 Å². The Morgan fingerprint density at radius 2 is 2.05 bits per heavy atom. The molecule has 0 spiro atoms. The van der Waals surface area contributed by atoms with Crippen LogP contribution in [0.15, 0.2) is 0 Å². The van der Waals surface area contributed by atoms with Gasteiger partial charge in [-0.05, 0) is 53.9 Å². The van der Waals surface area contributed by atoms with Crippen LogP contribution in [0, 0.1) is 13.8 Å². The van der Waals surface area contributed by atoms with Gasteiger partial charge in [-0.15, -0.1) is 11.3 Å². The molecule has 2 rings (SSSR count). The van der Waals surface area contributed by atoms with Gasteiger partial charge < -0.3 is 10.2 Å². The molecule has 108 valence electrons. The molecular weight excluding hydrogens is 254 g/mol. The molecule has 0 amide bonds. The predicted molar refractivity (Wildman–Crippen MR) is 84.3 cm³/mol. The van der Waals surface area contributed by atoms with Crippen LogP contribution >= 0.6 is 11.3 Å². The van der Waals surface area contributed by atoms with Crippen molar-refractivity contribution < 1.29 is 0 Å². The van der Waals surface area contributed by atoms with Gasteiger partial charge in [0.05, 0.1) is 5.69 Å². The number of hydrogen-bond donors (Lipinski definition) is 1. The largest absolute Gasteiger partial charge is 0.344 e. The molecule has 1 saturated heterocycles. The van der Waals surface area contributed by atoms with Crippen molar-refractivity contribution in [1.29, 1.82) is 0 Å². The Kier molecular flexibility index (Phi) is 4.51. The number of aryl methyl sites for hydroxylation is 2. The molecule has 1 atom stereocenters. The maximum atomic E-state index is 4.75. The number of aromatic nitrogens is 1. The van der Waals surface area contributed by atoms with Crippen LogP contribution in [0.2, 0.25) is 0 Å². The van der Waals surface area contributed by atoms with Crippen molar-refractivity contribution in [2.75, 3.05) is 18.0 Å². The molecule has 1 unspecified atom stereocenters. The third-order valence-corrected chi connectivity index (χ3v) is 4.87. The first-order valence-corrected chi connectivity index (χ1v) is 8.14. The quantitative estimate of drug-likeness (QED) is 0.919. The highest BCUT2D eigenvalue weighted by atomic mass is 32.1. The highest BCUT2D eigenvalue weighted by molar-refractivity contribution is 7.15. The Bertz CT molecular complexity index is 400. The van der Waals surface area contributed by atoms with Gasteiger partial charge in [0.25, 0.3) is 0 Å². The highest BCUT2D eigenvalue weighted by Crippen LogP contribution is 2.30. The lowest BCUT2D eigenvalue weighted by Crippen LogP contribution is -2.49. The number of piperidine rings is 1. The van der Waals surface area contributed by atoms with Crippen LogP contribution in [-0.2, 0) is 0 Å². The van der Waals surface area contributed by atoms with E-state index < -0.39 is 0 Å². The Balaban J connectivity index is 2.07. The monoisotopic (exact) mass is 281 g/mol. The maximum Gasteiger partial charge on any atom is 0.186 e. The van der Waals surface area contributed by atoms with Crippen molar-refractivity contribution in [2.24, 2.45) is 0 Å². The molecule has 0 saturated carbocycles. The van der Waals surface area contributed by atoms with Gasteiger partial charge in [0.1, 0.15) is 0 Å². The van der Waals surface area contributed by atoms with E-state index in [0.717, 1.165) is 13.1 Å². The highest BCUT2D eigenvalue weighted by Gasteiger charge is 2.26. The van der Waals surface area contributed by atoms with E-state index in [-0.39, 0.29) is 5.54 Å². The van der Waals surface area contributed by atoms with E-state index in [1.54, 1.807) is 0 Å². The summed E-state index contributed by atoms with van der Waals surface area (Å²) >= 11 is 1.85. The second-order valence-corrected chi connectivity index (χ2v) is 7.79. The molecule has 1 aromatic rings. The molecule has 3 nitrogen and oxygen atoms in total. The van der Waals surface area contributed by atoms with Gasteiger partial charge in [-0.1, -0.05) is 0 Å².